The molecule has 0 aliphatic carbocycles. The molecule has 98 valence electrons. The average Bonchev–Trinajstić information content (AvgIpc) is 2.18. The van der Waals surface area contributed by atoms with Crippen molar-refractivity contribution in [3.8, 4) is 0 Å². The number of piperidine rings is 1. The van der Waals surface area contributed by atoms with Crippen molar-refractivity contribution in [2.45, 2.75) is 58.6 Å². The Labute approximate surface area is 105 Å². The molecule has 1 rings (SSSR count). The summed E-state index contributed by atoms with van der Waals surface area (Å²) in [5.41, 5.74) is -0.420. The SMILES string of the molecule is C=CC[C@H]1CC[C@H](C)CN1C(=O)OC(C)(C)C. The van der Waals surface area contributed by atoms with Crippen molar-refractivity contribution >= 4 is 6.09 Å². The van der Waals surface area contributed by atoms with Crippen LogP contribution >= 0.6 is 0 Å². The molecule has 1 aliphatic rings. The first-order chi connectivity index (χ1) is 7.83. The molecule has 0 aromatic carbocycles. The van der Waals surface area contributed by atoms with Crippen LogP contribution in [0, 0.1) is 5.92 Å². The fraction of sp³-hybridized carbons (Fsp3) is 0.786. The van der Waals surface area contributed by atoms with Gasteiger partial charge in [-0.2, -0.15) is 0 Å². The van der Waals surface area contributed by atoms with Gasteiger partial charge in [-0.15, -0.1) is 6.58 Å². The third kappa shape index (κ3) is 4.41. The Kier molecular flexibility index (Phi) is 4.61. The zero-order chi connectivity index (χ0) is 13.1. The topological polar surface area (TPSA) is 29.5 Å². The first-order valence-corrected chi connectivity index (χ1v) is 6.44. The molecule has 0 bridgehead atoms. The first-order valence-electron chi connectivity index (χ1n) is 6.44. The van der Waals surface area contributed by atoms with Crippen LogP contribution in [0.4, 0.5) is 4.79 Å². The van der Waals surface area contributed by atoms with Gasteiger partial charge in [0.05, 0.1) is 0 Å². The molecule has 1 aliphatic heterocycles. The van der Waals surface area contributed by atoms with Crippen molar-refractivity contribution in [1.82, 2.24) is 4.90 Å². The molecular formula is C14H25NO2. The average molecular weight is 239 g/mol. The van der Waals surface area contributed by atoms with Crippen LogP contribution < -0.4 is 0 Å². The summed E-state index contributed by atoms with van der Waals surface area (Å²) < 4.78 is 5.45. The third-order valence-electron chi connectivity index (χ3n) is 3.01. The van der Waals surface area contributed by atoms with Gasteiger partial charge in [0.1, 0.15) is 5.60 Å². The molecule has 3 heteroatoms. The summed E-state index contributed by atoms with van der Waals surface area (Å²) >= 11 is 0. The Hall–Kier alpha value is -0.990. The molecule has 1 saturated heterocycles. The van der Waals surface area contributed by atoms with E-state index in [-0.39, 0.29) is 12.1 Å². The van der Waals surface area contributed by atoms with E-state index < -0.39 is 5.60 Å². The van der Waals surface area contributed by atoms with Crippen molar-refractivity contribution in [3.05, 3.63) is 12.7 Å². The molecule has 0 spiro atoms. The van der Waals surface area contributed by atoms with Crippen molar-refractivity contribution in [2.24, 2.45) is 5.92 Å². The molecule has 2 atom stereocenters. The van der Waals surface area contributed by atoms with Crippen LogP contribution in [-0.4, -0.2) is 29.2 Å². The molecule has 0 saturated carbocycles. The minimum atomic E-state index is -0.420. The van der Waals surface area contributed by atoms with E-state index in [9.17, 15) is 4.79 Å². The van der Waals surface area contributed by atoms with Crippen LogP contribution in [0.1, 0.15) is 47.0 Å². The summed E-state index contributed by atoms with van der Waals surface area (Å²) in [7, 11) is 0. The van der Waals surface area contributed by atoms with E-state index in [1.165, 1.54) is 6.42 Å². The van der Waals surface area contributed by atoms with E-state index >= 15 is 0 Å². The summed E-state index contributed by atoms with van der Waals surface area (Å²) in [5, 5.41) is 0. The lowest BCUT2D eigenvalue weighted by molar-refractivity contribution is 0.00450. The number of rotatable bonds is 2. The lowest BCUT2D eigenvalue weighted by Crippen LogP contribution is -2.48. The van der Waals surface area contributed by atoms with E-state index in [1.54, 1.807) is 0 Å². The van der Waals surface area contributed by atoms with Crippen LogP contribution in [0.2, 0.25) is 0 Å². The highest BCUT2D eigenvalue weighted by Crippen LogP contribution is 2.25. The van der Waals surface area contributed by atoms with Gasteiger partial charge in [-0.05, 0) is 46.0 Å². The lowest BCUT2D eigenvalue weighted by atomic mass is 9.93. The smallest absolute Gasteiger partial charge is 0.410 e. The van der Waals surface area contributed by atoms with E-state index in [0.717, 1.165) is 19.4 Å². The Bertz CT molecular complexity index is 280. The van der Waals surface area contributed by atoms with Gasteiger partial charge in [0.25, 0.3) is 0 Å². The normalized spacial score (nSPS) is 25.5. The van der Waals surface area contributed by atoms with Gasteiger partial charge in [0.2, 0.25) is 0 Å². The fourth-order valence-electron chi connectivity index (χ4n) is 2.19. The number of ether oxygens (including phenoxy) is 1. The van der Waals surface area contributed by atoms with E-state index in [1.807, 2.05) is 31.7 Å². The summed E-state index contributed by atoms with van der Waals surface area (Å²) in [6, 6.07) is 0.263. The van der Waals surface area contributed by atoms with Crippen molar-refractivity contribution in [2.75, 3.05) is 6.54 Å². The van der Waals surface area contributed by atoms with Crippen LogP contribution in [0.25, 0.3) is 0 Å². The maximum Gasteiger partial charge on any atom is 0.410 e. The molecular weight excluding hydrogens is 214 g/mol. The molecule has 0 aromatic rings. The minimum Gasteiger partial charge on any atom is -0.444 e. The standard InChI is InChI=1S/C14H25NO2/c1-6-7-12-9-8-11(2)10-15(12)13(16)17-14(3,4)5/h6,11-12H,1,7-10H2,2-5H3/t11-,12-/m0/s1. The van der Waals surface area contributed by atoms with Gasteiger partial charge < -0.3 is 9.64 Å². The lowest BCUT2D eigenvalue weighted by Gasteiger charge is -2.39. The van der Waals surface area contributed by atoms with E-state index in [0.29, 0.717) is 5.92 Å². The Morgan fingerprint density at radius 2 is 2.12 bits per heavy atom. The van der Waals surface area contributed by atoms with Crippen molar-refractivity contribution in [3.63, 3.8) is 0 Å². The van der Waals surface area contributed by atoms with Crippen LogP contribution in [0.5, 0.6) is 0 Å². The van der Waals surface area contributed by atoms with Gasteiger partial charge in [-0.25, -0.2) is 4.79 Å². The van der Waals surface area contributed by atoms with Gasteiger partial charge in [0.15, 0.2) is 0 Å². The number of hydrogen-bond acceptors (Lipinski definition) is 2. The predicted octanol–water partition coefficient (Wildman–Crippen LogP) is 3.60. The second-order valence-corrected chi connectivity index (χ2v) is 5.99. The first kappa shape index (κ1) is 14.1. The van der Waals surface area contributed by atoms with Gasteiger partial charge >= 0.3 is 6.09 Å². The van der Waals surface area contributed by atoms with Gasteiger partial charge in [-0.1, -0.05) is 13.0 Å². The van der Waals surface area contributed by atoms with Gasteiger partial charge in [-0.3, -0.25) is 0 Å². The molecule has 1 fully saturated rings. The van der Waals surface area contributed by atoms with E-state index in [2.05, 4.69) is 13.5 Å². The number of carbonyl (C=O) groups is 1. The molecule has 0 aromatic heterocycles. The largest absolute Gasteiger partial charge is 0.444 e. The summed E-state index contributed by atoms with van der Waals surface area (Å²) in [5.74, 6) is 0.559. The monoisotopic (exact) mass is 239 g/mol. The third-order valence-corrected chi connectivity index (χ3v) is 3.01. The number of hydrogen-bond donors (Lipinski definition) is 0. The summed E-state index contributed by atoms with van der Waals surface area (Å²) in [4.78, 5) is 14.0. The predicted molar refractivity (Wildman–Crippen MR) is 69.9 cm³/mol. The van der Waals surface area contributed by atoms with Crippen LogP contribution in [0.3, 0.4) is 0 Å². The summed E-state index contributed by atoms with van der Waals surface area (Å²) in [6.07, 6.45) is 4.78. The number of amides is 1. The molecule has 3 nitrogen and oxygen atoms in total. The second kappa shape index (κ2) is 5.56. The zero-order valence-electron chi connectivity index (χ0n) is 11.5. The minimum absolute atomic E-state index is 0.184. The molecule has 1 heterocycles. The second-order valence-electron chi connectivity index (χ2n) is 5.99. The van der Waals surface area contributed by atoms with Crippen molar-refractivity contribution < 1.29 is 9.53 Å². The maximum absolute atomic E-state index is 12.1. The highest BCUT2D eigenvalue weighted by atomic mass is 16.6. The molecule has 17 heavy (non-hydrogen) atoms. The Morgan fingerprint density at radius 3 is 2.65 bits per heavy atom. The number of nitrogens with zero attached hydrogens (tertiary/aromatic N) is 1. The number of carbonyl (C=O) groups excluding carboxylic acids is 1. The highest BCUT2D eigenvalue weighted by molar-refractivity contribution is 5.68. The quantitative estimate of drug-likeness (QED) is 0.689. The molecule has 1 amide bonds. The molecule has 0 N–H and O–H groups in total. The number of likely N-dealkylation sites (tertiary alicyclic amines) is 1. The maximum atomic E-state index is 12.1. The summed E-state index contributed by atoms with van der Waals surface area (Å²) in [6.45, 7) is 12.5. The Morgan fingerprint density at radius 1 is 1.47 bits per heavy atom. The zero-order valence-corrected chi connectivity index (χ0v) is 11.5. The fourth-order valence-corrected chi connectivity index (χ4v) is 2.19. The van der Waals surface area contributed by atoms with Gasteiger partial charge in [0, 0.05) is 12.6 Å². The molecule has 0 unspecified atom stereocenters. The van der Waals surface area contributed by atoms with Crippen LogP contribution in [-0.2, 0) is 4.74 Å². The highest BCUT2D eigenvalue weighted by Gasteiger charge is 2.32. The molecule has 0 radical (unpaired) electrons. The Balaban J connectivity index is 2.68. The van der Waals surface area contributed by atoms with Crippen molar-refractivity contribution in [1.29, 1.82) is 0 Å². The van der Waals surface area contributed by atoms with E-state index in [4.69, 9.17) is 4.74 Å². The van der Waals surface area contributed by atoms with Crippen LogP contribution in [0.15, 0.2) is 12.7 Å².